The first-order valence-corrected chi connectivity index (χ1v) is 9.86. The SMILES string of the molecule is COc1ccc(C2c3c(n[nH]c3C)N(c3ccc(F)c(Cl)c3)c3n[nH]c(C)c32)cc1. The normalized spacial score (nSPS) is 13.3. The Bertz CT molecular complexity index is 1200. The van der Waals surface area contributed by atoms with Crippen LogP contribution in [0, 0.1) is 19.7 Å². The second-order valence-corrected chi connectivity index (χ2v) is 7.72. The van der Waals surface area contributed by atoms with Crippen LogP contribution in [0.4, 0.5) is 21.7 Å². The molecule has 6 nitrogen and oxygen atoms in total. The summed E-state index contributed by atoms with van der Waals surface area (Å²) in [4.78, 5) is 1.91. The molecular weight excluding hydrogens is 405 g/mol. The molecule has 152 valence electrons. The van der Waals surface area contributed by atoms with Gasteiger partial charge in [-0.3, -0.25) is 15.1 Å². The quantitative estimate of drug-likeness (QED) is 0.401. The first kappa shape index (κ1) is 18.7. The van der Waals surface area contributed by atoms with E-state index in [1.54, 1.807) is 19.2 Å². The van der Waals surface area contributed by atoms with Crippen molar-refractivity contribution in [3.63, 3.8) is 0 Å². The zero-order chi connectivity index (χ0) is 21.0. The van der Waals surface area contributed by atoms with E-state index < -0.39 is 5.82 Å². The summed E-state index contributed by atoms with van der Waals surface area (Å²) in [5, 5.41) is 15.4. The number of halogens is 2. The number of nitrogens with one attached hydrogen (secondary N) is 2. The Balaban J connectivity index is 1.75. The average Bonchev–Trinajstić information content (AvgIpc) is 3.32. The molecule has 4 aromatic rings. The van der Waals surface area contributed by atoms with Crippen LogP contribution in [0.2, 0.25) is 5.02 Å². The summed E-state index contributed by atoms with van der Waals surface area (Å²) in [5.41, 5.74) is 5.78. The molecule has 30 heavy (non-hydrogen) atoms. The van der Waals surface area contributed by atoms with Crippen LogP contribution in [0.15, 0.2) is 42.5 Å². The maximum Gasteiger partial charge on any atom is 0.165 e. The number of fused-ring (bicyclic) bond motifs is 2. The molecule has 2 aromatic heterocycles. The van der Waals surface area contributed by atoms with E-state index in [0.717, 1.165) is 45.5 Å². The zero-order valence-corrected chi connectivity index (χ0v) is 17.4. The highest BCUT2D eigenvalue weighted by Crippen LogP contribution is 2.52. The highest BCUT2D eigenvalue weighted by molar-refractivity contribution is 6.31. The smallest absolute Gasteiger partial charge is 0.165 e. The topological polar surface area (TPSA) is 69.8 Å². The summed E-state index contributed by atoms with van der Waals surface area (Å²) in [6.07, 6.45) is 0. The molecule has 2 aromatic carbocycles. The molecule has 0 unspecified atom stereocenters. The Labute approximate surface area is 177 Å². The Morgan fingerprint density at radius 1 is 0.967 bits per heavy atom. The number of ether oxygens (including phenoxy) is 1. The highest BCUT2D eigenvalue weighted by atomic mass is 35.5. The van der Waals surface area contributed by atoms with E-state index in [2.05, 4.69) is 32.5 Å². The van der Waals surface area contributed by atoms with Crippen molar-refractivity contribution >= 4 is 28.9 Å². The molecule has 0 atom stereocenters. The number of aromatic amines is 2. The lowest BCUT2D eigenvalue weighted by Crippen LogP contribution is -2.22. The Hall–Kier alpha value is -3.32. The van der Waals surface area contributed by atoms with E-state index in [1.807, 2.05) is 30.9 Å². The molecule has 5 rings (SSSR count). The zero-order valence-electron chi connectivity index (χ0n) is 16.6. The van der Waals surface area contributed by atoms with Crippen LogP contribution >= 0.6 is 11.6 Å². The number of benzene rings is 2. The molecular formula is C22H19ClFN5O. The van der Waals surface area contributed by atoms with Gasteiger partial charge in [-0.1, -0.05) is 23.7 Å². The fourth-order valence-corrected chi connectivity index (χ4v) is 4.30. The number of H-pyrrole nitrogens is 2. The number of aromatic nitrogens is 4. The van der Waals surface area contributed by atoms with Crippen LogP contribution in [0.25, 0.3) is 0 Å². The summed E-state index contributed by atoms with van der Waals surface area (Å²) in [6, 6.07) is 12.6. The summed E-state index contributed by atoms with van der Waals surface area (Å²) >= 11 is 6.08. The predicted octanol–water partition coefficient (Wildman–Crippen LogP) is 5.51. The minimum absolute atomic E-state index is 0.0485. The third-order valence-electron chi connectivity index (χ3n) is 5.56. The van der Waals surface area contributed by atoms with Gasteiger partial charge in [0.25, 0.3) is 0 Å². The summed E-state index contributed by atoms with van der Waals surface area (Å²) in [6.45, 7) is 4.00. The maximum absolute atomic E-state index is 13.8. The molecule has 0 aliphatic carbocycles. The number of methoxy groups -OCH3 is 1. The van der Waals surface area contributed by atoms with Gasteiger partial charge in [-0.15, -0.1) is 0 Å². The van der Waals surface area contributed by atoms with Gasteiger partial charge >= 0.3 is 0 Å². The molecule has 0 spiro atoms. The number of rotatable bonds is 3. The van der Waals surface area contributed by atoms with Crippen LogP contribution in [0.3, 0.4) is 0 Å². The van der Waals surface area contributed by atoms with E-state index in [0.29, 0.717) is 5.69 Å². The largest absolute Gasteiger partial charge is 0.497 e. The van der Waals surface area contributed by atoms with Crippen LogP contribution < -0.4 is 9.64 Å². The molecule has 2 N–H and O–H groups in total. The Kier molecular flexibility index (Phi) is 4.29. The Morgan fingerprint density at radius 2 is 1.57 bits per heavy atom. The van der Waals surface area contributed by atoms with E-state index in [9.17, 15) is 4.39 Å². The van der Waals surface area contributed by atoms with Gasteiger partial charge in [-0.25, -0.2) is 4.39 Å². The lowest BCUT2D eigenvalue weighted by atomic mass is 9.82. The molecule has 0 radical (unpaired) electrons. The van der Waals surface area contributed by atoms with E-state index in [4.69, 9.17) is 16.3 Å². The lowest BCUT2D eigenvalue weighted by Gasteiger charge is -2.32. The van der Waals surface area contributed by atoms with Crippen molar-refractivity contribution in [1.29, 1.82) is 0 Å². The van der Waals surface area contributed by atoms with Gasteiger partial charge in [-0.2, -0.15) is 10.2 Å². The standard InChI is InChI=1S/C22H19ClFN5O/c1-11-18-20(13-4-7-15(30-3)8-5-13)19-12(2)26-28-22(19)29(21(18)27-25-11)14-6-9-17(24)16(23)10-14/h4-10,20H,1-3H3,(H,25,27)(H,26,28). The first-order chi connectivity index (χ1) is 14.5. The van der Waals surface area contributed by atoms with E-state index >= 15 is 0 Å². The Morgan fingerprint density at radius 3 is 2.10 bits per heavy atom. The van der Waals surface area contributed by atoms with Crippen molar-refractivity contribution in [1.82, 2.24) is 20.4 Å². The highest BCUT2D eigenvalue weighted by Gasteiger charge is 2.39. The maximum atomic E-state index is 13.8. The lowest BCUT2D eigenvalue weighted by molar-refractivity contribution is 0.414. The average molecular weight is 424 g/mol. The molecule has 0 saturated carbocycles. The summed E-state index contributed by atoms with van der Waals surface area (Å²) in [7, 11) is 1.65. The minimum Gasteiger partial charge on any atom is -0.497 e. The third kappa shape index (κ3) is 2.69. The van der Waals surface area contributed by atoms with Crippen LogP contribution in [0.1, 0.15) is 34.0 Å². The predicted molar refractivity (Wildman–Crippen MR) is 114 cm³/mol. The van der Waals surface area contributed by atoms with Gasteiger partial charge in [0.2, 0.25) is 0 Å². The molecule has 1 aliphatic heterocycles. The van der Waals surface area contributed by atoms with Gasteiger partial charge in [0.05, 0.1) is 17.8 Å². The van der Waals surface area contributed by atoms with E-state index in [-0.39, 0.29) is 10.9 Å². The number of hydrogen-bond acceptors (Lipinski definition) is 4. The van der Waals surface area contributed by atoms with Gasteiger partial charge in [0.15, 0.2) is 11.6 Å². The molecule has 1 aliphatic rings. The molecule has 0 amide bonds. The van der Waals surface area contributed by atoms with Gasteiger partial charge in [0, 0.05) is 28.4 Å². The fourth-order valence-electron chi connectivity index (χ4n) is 4.13. The number of nitrogens with zero attached hydrogens (tertiary/aromatic N) is 3. The van der Waals surface area contributed by atoms with Gasteiger partial charge in [0.1, 0.15) is 11.6 Å². The molecule has 0 fully saturated rings. The number of anilines is 3. The first-order valence-electron chi connectivity index (χ1n) is 9.48. The van der Waals surface area contributed by atoms with E-state index in [1.165, 1.54) is 6.07 Å². The van der Waals surface area contributed by atoms with Crippen LogP contribution in [0.5, 0.6) is 5.75 Å². The van der Waals surface area contributed by atoms with Gasteiger partial charge in [-0.05, 0) is 49.7 Å². The third-order valence-corrected chi connectivity index (χ3v) is 5.85. The molecule has 0 bridgehead atoms. The summed E-state index contributed by atoms with van der Waals surface area (Å²) < 4.78 is 19.1. The van der Waals surface area contributed by atoms with Crippen molar-refractivity contribution < 1.29 is 9.13 Å². The second kappa shape index (κ2) is 6.88. The molecule has 3 heterocycles. The van der Waals surface area contributed by atoms with Crippen molar-refractivity contribution in [3.8, 4) is 5.75 Å². The molecule has 8 heteroatoms. The fraction of sp³-hybridized carbons (Fsp3) is 0.182. The minimum atomic E-state index is -0.467. The molecule has 0 saturated heterocycles. The van der Waals surface area contributed by atoms with Crippen molar-refractivity contribution in [3.05, 3.63) is 81.4 Å². The van der Waals surface area contributed by atoms with Gasteiger partial charge < -0.3 is 4.74 Å². The van der Waals surface area contributed by atoms with Crippen LogP contribution in [-0.4, -0.2) is 27.5 Å². The second-order valence-electron chi connectivity index (χ2n) is 7.31. The van der Waals surface area contributed by atoms with Crippen LogP contribution in [-0.2, 0) is 0 Å². The monoisotopic (exact) mass is 423 g/mol. The van der Waals surface area contributed by atoms with Crippen molar-refractivity contribution in [2.75, 3.05) is 12.0 Å². The van der Waals surface area contributed by atoms with Crippen molar-refractivity contribution in [2.45, 2.75) is 19.8 Å². The number of aryl methyl sites for hydroxylation is 2. The number of hydrogen-bond donors (Lipinski definition) is 2. The summed E-state index contributed by atoms with van der Waals surface area (Å²) in [5.74, 6) is 1.70. The van der Waals surface area contributed by atoms with Crippen molar-refractivity contribution in [2.24, 2.45) is 0 Å².